The van der Waals surface area contributed by atoms with Crippen molar-refractivity contribution in [1.82, 2.24) is 0 Å². The standard InChI is InChI=1S/C18H26O3/c1-13(2)14-8-9-16(19)15(12-14)10-11-21-18-7-5-4-6-17(18)20-3/h4-7,13-15H,8-12H2,1-3H3. The summed E-state index contributed by atoms with van der Waals surface area (Å²) in [6.45, 7) is 5.08. The van der Waals surface area contributed by atoms with Crippen LogP contribution in [0.1, 0.15) is 39.5 Å². The van der Waals surface area contributed by atoms with Gasteiger partial charge in [0.1, 0.15) is 5.78 Å². The highest BCUT2D eigenvalue weighted by molar-refractivity contribution is 5.81. The summed E-state index contributed by atoms with van der Waals surface area (Å²) < 4.78 is 11.1. The first-order valence-corrected chi connectivity index (χ1v) is 7.90. The van der Waals surface area contributed by atoms with Gasteiger partial charge in [-0.25, -0.2) is 0 Å². The van der Waals surface area contributed by atoms with Gasteiger partial charge in [0.15, 0.2) is 11.5 Å². The van der Waals surface area contributed by atoms with Crippen LogP contribution in [0, 0.1) is 17.8 Å². The van der Waals surface area contributed by atoms with Gasteiger partial charge in [-0.1, -0.05) is 26.0 Å². The van der Waals surface area contributed by atoms with Gasteiger partial charge in [-0.05, 0) is 43.2 Å². The number of ether oxygens (including phenoxy) is 2. The summed E-state index contributed by atoms with van der Waals surface area (Å²) in [5.74, 6) is 3.42. The Morgan fingerprint density at radius 1 is 1.24 bits per heavy atom. The Labute approximate surface area is 127 Å². The maximum atomic E-state index is 12.0. The molecule has 1 aromatic rings. The zero-order valence-electron chi connectivity index (χ0n) is 13.3. The molecule has 1 aromatic carbocycles. The molecule has 2 unspecified atom stereocenters. The van der Waals surface area contributed by atoms with Crippen LogP contribution in [-0.4, -0.2) is 19.5 Å². The molecular weight excluding hydrogens is 264 g/mol. The van der Waals surface area contributed by atoms with Crippen LogP contribution in [0.2, 0.25) is 0 Å². The smallest absolute Gasteiger partial charge is 0.161 e. The van der Waals surface area contributed by atoms with Crippen molar-refractivity contribution in [2.75, 3.05) is 13.7 Å². The molecule has 0 saturated heterocycles. The van der Waals surface area contributed by atoms with Gasteiger partial charge in [-0.15, -0.1) is 0 Å². The number of rotatable bonds is 6. The predicted octanol–water partition coefficient (Wildman–Crippen LogP) is 4.11. The molecule has 0 radical (unpaired) electrons. The summed E-state index contributed by atoms with van der Waals surface area (Å²) in [5.41, 5.74) is 0. The SMILES string of the molecule is COc1ccccc1OCCC1CC(C(C)C)CCC1=O. The lowest BCUT2D eigenvalue weighted by atomic mass is 9.74. The van der Waals surface area contributed by atoms with Crippen LogP contribution in [0.15, 0.2) is 24.3 Å². The summed E-state index contributed by atoms with van der Waals surface area (Å²) >= 11 is 0. The first-order valence-electron chi connectivity index (χ1n) is 7.90. The lowest BCUT2D eigenvalue weighted by Gasteiger charge is -2.30. The zero-order valence-corrected chi connectivity index (χ0v) is 13.3. The third kappa shape index (κ3) is 4.23. The normalized spacial score (nSPS) is 22.4. The van der Waals surface area contributed by atoms with E-state index >= 15 is 0 Å². The molecule has 0 aromatic heterocycles. The van der Waals surface area contributed by atoms with E-state index in [4.69, 9.17) is 9.47 Å². The van der Waals surface area contributed by atoms with Gasteiger partial charge < -0.3 is 9.47 Å². The van der Waals surface area contributed by atoms with Crippen molar-refractivity contribution in [2.45, 2.75) is 39.5 Å². The molecule has 21 heavy (non-hydrogen) atoms. The molecule has 3 heteroatoms. The fourth-order valence-electron chi connectivity index (χ4n) is 3.08. The second kappa shape index (κ2) is 7.48. The van der Waals surface area contributed by atoms with Crippen LogP contribution < -0.4 is 9.47 Å². The van der Waals surface area contributed by atoms with Gasteiger partial charge in [0, 0.05) is 12.3 Å². The van der Waals surface area contributed by atoms with E-state index in [0.717, 1.165) is 37.2 Å². The molecule has 0 bridgehead atoms. The van der Waals surface area contributed by atoms with Gasteiger partial charge in [0.05, 0.1) is 13.7 Å². The molecule has 3 nitrogen and oxygen atoms in total. The summed E-state index contributed by atoms with van der Waals surface area (Å²) in [7, 11) is 1.64. The number of hydrogen-bond acceptors (Lipinski definition) is 3. The Hall–Kier alpha value is -1.51. The second-order valence-corrected chi connectivity index (χ2v) is 6.23. The van der Waals surface area contributed by atoms with Gasteiger partial charge in [-0.2, -0.15) is 0 Å². The predicted molar refractivity (Wildman–Crippen MR) is 83.8 cm³/mol. The minimum atomic E-state index is 0.167. The van der Waals surface area contributed by atoms with Gasteiger partial charge in [0.25, 0.3) is 0 Å². The van der Waals surface area contributed by atoms with Crippen molar-refractivity contribution < 1.29 is 14.3 Å². The quantitative estimate of drug-likeness (QED) is 0.791. The highest BCUT2D eigenvalue weighted by Gasteiger charge is 2.29. The molecule has 1 aliphatic carbocycles. The molecule has 1 saturated carbocycles. The van der Waals surface area contributed by atoms with Crippen LogP contribution in [-0.2, 0) is 4.79 Å². The molecular formula is C18H26O3. The fourth-order valence-corrected chi connectivity index (χ4v) is 3.08. The Morgan fingerprint density at radius 2 is 1.95 bits per heavy atom. The third-order valence-electron chi connectivity index (χ3n) is 4.54. The first-order chi connectivity index (χ1) is 10.1. The van der Waals surface area contributed by atoms with E-state index < -0.39 is 0 Å². The first kappa shape index (κ1) is 15.9. The van der Waals surface area contributed by atoms with Crippen LogP contribution >= 0.6 is 0 Å². The summed E-state index contributed by atoms with van der Waals surface area (Å²) in [6, 6.07) is 7.64. The number of para-hydroxylation sites is 2. The molecule has 2 atom stereocenters. The minimum Gasteiger partial charge on any atom is -0.493 e. The van der Waals surface area contributed by atoms with Gasteiger partial charge in [-0.3, -0.25) is 4.79 Å². The van der Waals surface area contributed by atoms with Crippen LogP contribution in [0.4, 0.5) is 0 Å². The molecule has 0 N–H and O–H groups in total. The minimum absolute atomic E-state index is 0.167. The Kier molecular flexibility index (Phi) is 5.66. The van der Waals surface area contributed by atoms with E-state index in [2.05, 4.69) is 13.8 Å². The van der Waals surface area contributed by atoms with Crippen molar-refractivity contribution in [2.24, 2.45) is 17.8 Å². The van der Waals surface area contributed by atoms with E-state index in [9.17, 15) is 4.79 Å². The van der Waals surface area contributed by atoms with Gasteiger partial charge >= 0.3 is 0 Å². The van der Waals surface area contributed by atoms with Crippen molar-refractivity contribution in [3.8, 4) is 11.5 Å². The highest BCUT2D eigenvalue weighted by atomic mass is 16.5. The van der Waals surface area contributed by atoms with E-state index in [1.54, 1.807) is 7.11 Å². The number of ketones is 1. The number of carbonyl (C=O) groups is 1. The second-order valence-electron chi connectivity index (χ2n) is 6.23. The average Bonchev–Trinajstić information content (AvgIpc) is 2.49. The molecule has 0 aliphatic heterocycles. The number of Topliss-reactive ketones (excluding diaryl/α,β-unsaturated/α-hetero) is 1. The van der Waals surface area contributed by atoms with Crippen LogP contribution in [0.5, 0.6) is 11.5 Å². The van der Waals surface area contributed by atoms with E-state index in [0.29, 0.717) is 24.2 Å². The third-order valence-corrected chi connectivity index (χ3v) is 4.54. The largest absolute Gasteiger partial charge is 0.493 e. The zero-order chi connectivity index (χ0) is 15.2. The molecule has 0 spiro atoms. The van der Waals surface area contributed by atoms with Crippen molar-refractivity contribution in [3.63, 3.8) is 0 Å². The lowest BCUT2D eigenvalue weighted by Crippen LogP contribution is -2.28. The van der Waals surface area contributed by atoms with E-state index in [-0.39, 0.29) is 5.92 Å². The van der Waals surface area contributed by atoms with E-state index in [1.807, 2.05) is 24.3 Å². The maximum Gasteiger partial charge on any atom is 0.161 e. The molecule has 2 rings (SSSR count). The average molecular weight is 290 g/mol. The number of carbonyl (C=O) groups excluding carboxylic acids is 1. The fraction of sp³-hybridized carbons (Fsp3) is 0.611. The van der Waals surface area contributed by atoms with Gasteiger partial charge in [0.2, 0.25) is 0 Å². The van der Waals surface area contributed by atoms with Crippen LogP contribution in [0.25, 0.3) is 0 Å². The monoisotopic (exact) mass is 290 g/mol. The van der Waals surface area contributed by atoms with Crippen molar-refractivity contribution >= 4 is 5.78 Å². The highest BCUT2D eigenvalue weighted by Crippen LogP contribution is 2.33. The molecule has 0 heterocycles. The molecule has 1 aliphatic rings. The van der Waals surface area contributed by atoms with E-state index in [1.165, 1.54) is 0 Å². The Morgan fingerprint density at radius 3 is 2.62 bits per heavy atom. The summed E-state index contributed by atoms with van der Waals surface area (Å²) in [5, 5.41) is 0. The molecule has 1 fully saturated rings. The molecule has 0 amide bonds. The number of benzene rings is 1. The lowest BCUT2D eigenvalue weighted by molar-refractivity contribution is -0.126. The summed E-state index contributed by atoms with van der Waals surface area (Å²) in [4.78, 5) is 12.0. The van der Waals surface area contributed by atoms with Crippen molar-refractivity contribution in [3.05, 3.63) is 24.3 Å². The summed E-state index contributed by atoms with van der Waals surface area (Å²) in [6.07, 6.45) is 3.62. The number of methoxy groups -OCH3 is 1. The maximum absolute atomic E-state index is 12.0. The van der Waals surface area contributed by atoms with Crippen LogP contribution in [0.3, 0.4) is 0 Å². The number of hydrogen-bond donors (Lipinski definition) is 0. The Bertz CT molecular complexity index is 467. The molecule has 116 valence electrons. The topological polar surface area (TPSA) is 35.5 Å². The van der Waals surface area contributed by atoms with Crippen molar-refractivity contribution in [1.29, 1.82) is 0 Å². The Balaban J connectivity index is 1.85.